The second kappa shape index (κ2) is 4.05. The molecule has 0 saturated heterocycles. The average molecular weight is 243 g/mol. The van der Waals surface area contributed by atoms with Crippen molar-refractivity contribution < 1.29 is 17.6 Å². The number of hydrogen-bond donors (Lipinski definition) is 0. The van der Waals surface area contributed by atoms with Gasteiger partial charge < -0.3 is 4.42 Å². The van der Waals surface area contributed by atoms with E-state index in [4.69, 9.17) is 4.42 Å². The summed E-state index contributed by atoms with van der Waals surface area (Å²) in [5, 5.41) is 0. The molecule has 17 heavy (non-hydrogen) atoms. The molecule has 5 heteroatoms. The molecular formula is C12H12F3NO. The van der Waals surface area contributed by atoms with Crippen molar-refractivity contribution in [1.29, 1.82) is 0 Å². The van der Waals surface area contributed by atoms with Gasteiger partial charge in [0.15, 0.2) is 11.5 Å². The molecule has 0 radical (unpaired) electrons. The summed E-state index contributed by atoms with van der Waals surface area (Å²) >= 11 is 0. The lowest BCUT2D eigenvalue weighted by atomic mass is 10.1. The van der Waals surface area contributed by atoms with Crippen LogP contribution in [0.15, 0.2) is 22.6 Å². The Morgan fingerprint density at radius 1 is 1.35 bits per heavy atom. The fourth-order valence-corrected chi connectivity index (χ4v) is 1.51. The van der Waals surface area contributed by atoms with Crippen molar-refractivity contribution in [3.8, 4) is 0 Å². The molecule has 0 amide bonds. The summed E-state index contributed by atoms with van der Waals surface area (Å²) in [5.41, 5.74) is -0.0440. The zero-order valence-electron chi connectivity index (χ0n) is 9.51. The first-order valence-corrected chi connectivity index (χ1v) is 5.39. The molecule has 1 aromatic heterocycles. The number of aromatic nitrogens is 1. The Hall–Kier alpha value is -1.52. The lowest BCUT2D eigenvalue weighted by molar-refractivity contribution is -0.137. The second-order valence-corrected chi connectivity index (χ2v) is 4.04. The van der Waals surface area contributed by atoms with E-state index in [0.29, 0.717) is 11.5 Å². The van der Waals surface area contributed by atoms with Gasteiger partial charge in [-0.15, -0.1) is 0 Å². The topological polar surface area (TPSA) is 26.0 Å². The average Bonchev–Trinajstić information content (AvgIpc) is 2.69. The molecule has 0 aliphatic heterocycles. The summed E-state index contributed by atoms with van der Waals surface area (Å²) in [6, 6.07) is 3.34. The normalized spacial score (nSPS) is 14.2. The lowest BCUT2D eigenvalue weighted by Crippen LogP contribution is -2.04. The molecule has 92 valence electrons. The van der Waals surface area contributed by atoms with E-state index < -0.39 is 11.7 Å². The van der Waals surface area contributed by atoms with E-state index in [1.807, 2.05) is 13.8 Å². The van der Waals surface area contributed by atoms with Gasteiger partial charge in [0, 0.05) is 5.92 Å². The predicted molar refractivity (Wildman–Crippen MR) is 57.7 cm³/mol. The van der Waals surface area contributed by atoms with Crippen LogP contribution >= 0.6 is 0 Å². The van der Waals surface area contributed by atoms with Crippen LogP contribution in [0, 0.1) is 0 Å². The smallest absolute Gasteiger partial charge is 0.416 e. The van der Waals surface area contributed by atoms with E-state index in [0.717, 1.165) is 18.6 Å². The van der Waals surface area contributed by atoms with Gasteiger partial charge in [0.1, 0.15) is 5.52 Å². The van der Waals surface area contributed by atoms with Crippen LogP contribution in [0.1, 0.15) is 37.6 Å². The number of fused-ring (bicyclic) bond motifs is 1. The third-order valence-corrected chi connectivity index (χ3v) is 2.77. The summed E-state index contributed by atoms with van der Waals surface area (Å²) in [4.78, 5) is 4.09. The minimum Gasteiger partial charge on any atom is -0.440 e. The fraction of sp³-hybridized carbons (Fsp3) is 0.417. The molecule has 0 saturated carbocycles. The van der Waals surface area contributed by atoms with Gasteiger partial charge in [-0.3, -0.25) is 0 Å². The first-order chi connectivity index (χ1) is 7.91. The summed E-state index contributed by atoms with van der Waals surface area (Å²) in [6.45, 7) is 3.90. The third kappa shape index (κ3) is 2.28. The van der Waals surface area contributed by atoms with Gasteiger partial charge in [-0.1, -0.05) is 13.8 Å². The maximum atomic E-state index is 12.5. The molecule has 1 heterocycles. The first kappa shape index (κ1) is 12.0. The van der Waals surface area contributed by atoms with Crippen LogP contribution in [0.4, 0.5) is 13.2 Å². The van der Waals surface area contributed by atoms with E-state index in [9.17, 15) is 13.2 Å². The molecular weight excluding hydrogens is 231 g/mol. The zero-order valence-corrected chi connectivity index (χ0v) is 9.51. The van der Waals surface area contributed by atoms with Crippen LogP contribution in [0.5, 0.6) is 0 Å². The molecule has 1 aromatic carbocycles. The van der Waals surface area contributed by atoms with Gasteiger partial charge in [-0.2, -0.15) is 13.2 Å². The highest BCUT2D eigenvalue weighted by molar-refractivity contribution is 5.73. The van der Waals surface area contributed by atoms with Crippen molar-refractivity contribution in [2.75, 3.05) is 0 Å². The SMILES string of the molecule is CCC(C)c1nc2cc(C(F)(F)F)ccc2o1. The van der Waals surface area contributed by atoms with Gasteiger partial charge in [-0.05, 0) is 24.6 Å². The van der Waals surface area contributed by atoms with Crippen LogP contribution in [0.2, 0.25) is 0 Å². The molecule has 0 N–H and O–H groups in total. The van der Waals surface area contributed by atoms with Gasteiger partial charge >= 0.3 is 6.18 Å². The molecule has 0 fully saturated rings. The van der Waals surface area contributed by atoms with Crippen LogP contribution < -0.4 is 0 Å². The third-order valence-electron chi connectivity index (χ3n) is 2.77. The number of rotatable bonds is 2. The molecule has 2 aromatic rings. The molecule has 0 spiro atoms. The summed E-state index contributed by atoms with van der Waals surface area (Å²) < 4.78 is 42.9. The molecule has 1 atom stereocenters. The molecule has 0 aliphatic carbocycles. The van der Waals surface area contributed by atoms with E-state index in [1.54, 1.807) is 0 Å². The standard InChI is InChI=1S/C12H12F3NO/c1-3-7(2)11-16-9-6-8(12(13,14)15)4-5-10(9)17-11/h4-7H,3H2,1-2H3. The highest BCUT2D eigenvalue weighted by atomic mass is 19.4. The first-order valence-electron chi connectivity index (χ1n) is 5.39. The minimum atomic E-state index is -4.34. The Balaban J connectivity index is 2.48. The Kier molecular flexibility index (Phi) is 2.85. The Morgan fingerprint density at radius 3 is 2.65 bits per heavy atom. The maximum Gasteiger partial charge on any atom is 0.416 e. The Morgan fingerprint density at radius 2 is 2.06 bits per heavy atom. The fourth-order valence-electron chi connectivity index (χ4n) is 1.51. The van der Waals surface area contributed by atoms with Gasteiger partial charge in [0.05, 0.1) is 5.56 Å². The van der Waals surface area contributed by atoms with Crippen molar-refractivity contribution in [3.63, 3.8) is 0 Å². The summed E-state index contributed by atoms with van der Waals surface area (Å²) in [6.07, 6.45) is -3.51. The largest absolute Gasteiger partial charge is 0.440 e. The quantitative estimate of drug-likeness (QED) is 0.783. The van der Waals surface area contributed by atoms with E-state index in [1.165, 1.54) is 6.07 Å². The summed E-state index contributed by atoms with van der Waals surface area (Å²) in [5.74, 6) is 0.596. The van der Waals surface area contributed by atoms with E-state index >= 15 is 0 Å². The highest BCUT2D eigenvalue weighted by Crippen LogP contribution is 2.32. The number of halogens is 3. The molecule has 0 bridgehead atoms. The number of oxazole rings is 1. The molecule has 0 aliphatic rings. The monoisotopic (exact) mass is 243 g/mol. The molecule has 2 rings (SSSR count). The van der Waals surface area contributed by atoms with Gasteiger partial charge in [0.2, 0.25) is 0 Å². The van der Waals surface area contributed by atoms with Gasteiger partial charge in [0.25, 0.3) is 0 Å². The van der Waals surface area contributed by atoms with Crippen molar-refractivity contribution in [2.24, 2.45) is 0 Å². The molecule has 2 nitrogen and oxygen atoms in total. The lowest BCUT2D eigenvalue weighted by Gasteiger charge is -2.04. The van der Waals surface area contributed by atoms with Crippen molar-refractivity contribution in [3.05, 3.63) is 29.7 Å². The van der Waals surface area contributed by atoms with Crippen LogP contribution in [0.25, 0.3) is 11.1 Å². The number of nitrogens with zero attached hydrogens (tertiary/aromatic N) is 1. The summed E-state index contributed by atoms with van der Waals surface area (Å²) in [7, 11) is 0. The molecule has 1 unspecified atom stereocenters. The number of alkyl halides is 3. The number of benzene rings is 1. The minimum absolute atomic E-state index is 0.108. The Labute approximate surface area is 96.4 Å². The van der Waals surface area contributed by atoms with Crippen molar-refractivity contribution in [1.82, 2.24) is 4.98 Å². The van der Waals surface area contributed by atoms with E-state index in [-0.39, 0.29) is 11.4 Å². The maximum absolute atomic E-state index is 12.5. The predicted octanol–water partition coefficient (Wildman–Crippen LogP) is 4.36. The van der Waals surface area contributed by atoms with Crippen LogP contribution in [0.3, 0.4) is 0 Å². The van der Waals surface area contributed by atoms with Crippen LogP contribution in [-0.2, 0) is 6.18 Å². The van der Waals surface area contributed by atoms with E-state index in [2.05, 4.69) is 4.98 Å². The van der Waals surface area contributed by atoms with Crippen molar-refractivity contribution in [2.45, 2.75) is 32.4 Å². The van der Waals surface area contributed by atoms with Gasteiger partial charge in [-0.25, -0.2) is 4.98 Å². The Bertz CT molecular complexity index is 530. The zero-order chi connectivity index (χ0) is 12.6. The van der Waals surface area contributed by atoms with Crippen molar-refractivity contribution >= 4 is 11.1 Å². The second-order valence-electron chi connectivity index (χ2n) is 4.04. The highest BCUT2D eigenvalue weighted by Gasteiger charge is 2.31. The van der Waals surface area contributed by atoms with Crippen LogP contribution in [-0.4, -0.2) is 4.98 Å². The number of hydrogen-bond acceptors (Lipinski definition) is 2.